The molecule has 24 heavy (non-hydrogen) atoms. The topological polar surface area (TPSA) is 71.3 Å². The van der Waals surface area contributed by atoms with Crippen molar-refractivity contribution in [1.29, 1.82) is 0 Å². The minimum Gasteiger partial charge on any atom is -0.385 e. The molecule has 2 aliphatic rings. The van der Waals surface area contributed by atoms with E-state index >= 15 is 0 Å². The van der Waals surface area contributed by atoms with Crippen LogP contribution in [0, 0.1) is 6.92 Å². The molecule has 0 fully saturated rings. The Morgan fingerprint density at radius 2 is 2.12 bits per heavy atom. The Labute approximate surface area is 140 Å². The van der Waals surface area contributed by atoms with Crippen molar-refractivity contribution in [3.05, 3.63) is 41.6 Å². The highest BCUT2D eigenvalue weighted by Crippen LogP contribution is 2.26. The van der Waals surface area contributed by atoms with Crippen LogP contribution in [0.15, 0.2) is 46.0 Å². The first kappa shape index (κ1) is 16.3. The van der Waals surface area contributed by atoms with E-state index in [4.69, 9.17) is 4.74 Å². The van der Waals surface area contributed by atoms with Gasteiger partial charge in [-0.05, 0) is 37.5 Å². The van der Waals surface area contributed by atoms with Gasteiger partial charge in [0.05, 0.1) is 17.0 Å². The van der Waals surface area contributed by atoms with Gasteiger partial charge in [0.1, 0.15) is 0 Å². The molecule has 0 aliphatic carbocycles. The van der Waals surface area contributed by atoms with Crippen LogP contribution in [0.3, 0.4) is 0 Å². The van der Waals surface area contributed by atoms with Crippen molar-refractivity contribution in [2.45, 2.75) is 26.2 Å². The lowest BCUT2D eigenvalue weighted by atomic mass is 9.97. The fraction of sp³-hybridized carbons (Fsp3) is 0.333. The van der Waals surface area contributed by atoms with E-state index in [0.717, 1.165) is 29.0 Å². The number of hydrogen-bond acceptors (Lipinski definition) is 4. The van der Waals surface area contributed by atoms with Gasteiger partial charge in [0, 0.05) is 32.0 Å². The normalized spacial score (nSPS) is 17.2. The van der Waals surface area contributed by atoms with Crippen molar-refractivity contribution in [3.8, 4) is 0 Å². The van der Waals surface area contributed by atoms with Crippen LogP contribution in [0.25, 0.3) is 0 Å². The van der Waals surface area contributed by atoms with Crippen molar-refractivity contribution in [3.63, 3.8) is 0 Å². The zero-order valence-electron chi connectivity index (χ0n) is 13.8. The molecule has 0 saturated carbocycles. The maximum atomic E-state index is 12.7. The predicted octanol–water partition coefficient (Wildman–Crippen LogP) is 3.06. The molecule has 0 aromatic heterocycles. The highest BCUT2D eigenvalue weighted by atomic mass is 16.5. The van der Waals surface area contributed by atoms with Crippen LogP contribution in [0.2, 0.25) is 0 Å². The fourth-order valence-corrected chi connectivity index (χ4v) is 2.78. The zero-order chi connectivity index (χ0) is 17.1. The molecule has 0 unspecified atom stereocenters. The molecule has 1 aromatic rings. The summed E-state index contributed by atoms with van der Waals surface area (Å²) in [5.74, 6) is -0.365. The Balaban J connectivity index is 1.86. The number of imide groups is 1. The van der Waals surface area contributed by atoms with Crippen molar-refractivity contribution >= 4 is 29.0 Å². The molecule has 0 N–H and O–H groups in total. The largest absolute Gasteiger partial charge is 0.385 e. The van der Waals surface area contributed by atoms with Crippen molar-refractivity contribution in [1.82, 2.24) is 0 Å². The average molecular weight is 325 g/mol. The fourth-order valence-electron chi connectivity index (χ4n) is 2.78. The van der Waals surface area contributed by atoms with Crippen LogP contribution in [-0.2, 0) is 9.53 Å². The number of amides is 3. The molecule has 2 heterocycles. The molecule has 0 bridgehead atoms. The Hall–Kier alpha value is -2.60. The summed E-state index contributed by atoms with van der Waals surface area (Å²) in [6.07, 6.45) is 3.58. The lowest BCUT2D eigenvalue weighted by Crippen LogP contribution is -2.43. The van der Waals surface area contributed by atoms with Crippen LogP contribution in [-0.4, -0.2) is 37.1 Å². The summed E-state index contributed by atoms with van der Waals surface area (Å²) in [5.41, 5.74) is 3.32. The van der Waals surface area contributed by atoms with Crippen LogP contribution in [0.4, 0.5) is 10.5 Å². The summed E-state index contributed by atoms with van der Waals surface area (Å²) < 4.78 is 5.03. The third kappa shape index (κ3) is 3.19. The van der Waals surface area contributed by atoms with E-state index in [1.165, 1.54) is 6.20 Å². The van der Waals surface area contributed by atoms with E-state index < -0.39 is 6.03 Å². The summed E-state index contributed by atoms with van der Waals surface area (Å²) >= 11 is 0. The molecule has 6 heteroatoms. The van der Waals surface area contributed by atoms with Gasteiger partial charge in [0.2, 0.25) is 0 Å². The summed E-state index contributed by atoms with van der Waals surface area (Å²) in [6.45, 7) is 2.56. The van der Waals surface area contributed by atoms with Gasteiger partial charge in [-0.15, -0.1) is 0 Å². The quantitative estimate of drug-likeness (QED) is 0.781. The number of urea groups is 1. The molecule has 0 saturated heterocycles. The second-order valence-electron chi connectivity index (χ2n) is 5.83. The van der Waals surface area contributed by atoms with E-state index in [1.54, 1.807) is 19.2 Å². The molecule has 3 amide bonds. The summed E-state index contributed by atoms with van der Waals surface area (Å²) in [7, 11) is 1.66. The number of anilines is 1. The lowest BCUT2D eigenvalue weighted by Gasteiger charge is -2.27. The third-order valence-corrected chi connectivity index (χ3v) is 3.99. The van der Waals surface area contributed by atoms with Crippen LogP contribution >= 0.6 is 0 Å². The number of benzene rings is 1. The Morgan fingerprint density at radius 3 is 2.88 bits per heavy atom. The number of ether oxygens (including phenoxy) is 1. The molecule has 0 radical (unpaired) electrons. The molecular weight excluding hydrogens is 306 g/mol. The van der Waals surface area contributed by atoms with Gasteiger partial charge in [0.25, 0.3) is 5.91 Å². The van der Waals surface area contributed by atoms with E-state index in [1.807, 2.05) is 19.1 Å². The molecule has 6 nitrogen and oxygen atoms in total. The van der Waals surface area contributed by atoms with Crippen LogP contribution < -0.4 is 4.90 Å². The summed E-state index contributed by atoms with van der Waals surface area (Å²) in [4.78, 5) is 34.7. The number of nitrogens with zero attached hydrogens (tertiary/aromatic N) is 3. The maximum absolute atomic E-state index is 12.7. The number of aryl methyl sites for hydroxylation is 1. The second-order valence-corrected chi connectivity index (χ2v) is 5.83. The number of fused-ring (bicyclic) bond motifs is 1. The van der Waals surface area contributed by atoms with Crippen molar-refractivity contribution < 1.29 is 14.3 Å². The van der Waals surface area contributed by atoms with Gasteiger partial charge >= 0.3 is 6.03 Å². The molecule has 3 rings (SSSR count). The minimum absolute atomic E-state index is 0.365. The number of carbonyl (C=O) groups is 2. The Kier molecular flexibility index (Phi) is 4.66. The van der Waals surface area contributed by atoms with Crippen LogP contribution in [0.1, 0.15) is 24.8 Å². The number of methoxy groups -OCH3 is 1. The molecule has 124 valence electrons. The zero-order valence-corrected chi connectivity index (χ0v) is 13.8. The highest BCUT2D eigenvalue weighted by Gasteiger charge is 2.35. The molecule has 0 spiro atoms. The van der Waals surface area contributed by atoms with Crippen molar-refractivity contribution in [2.24, 2.45) is 9.98 Å². The smallest absolute Gasteiger partial charge is 0.355 e. The maximum Gasteiger partial charge on any atom is 0.355 e. The first-order valence-corrected chi connectivity index (χ1v) is 7.88. The standard InChI is InChI=1S/C18H19N3O3/c1-12-5-3-7-14(9-12)21-17(22)15-11-19-13(6-4-8-24-2)10-16(15)20-18(21)23/h3,5,7,9,11H,4,6,8,10H2,1-2H3. The van der Waals surface area contributed by atoms with E-state index in [9.17, 15) is 9.59 Å². The first-order chi connectivity index (χ1) is 11.6. The van der Waals surface area contributed by atoms with Gasteiger partial charge in [-0.3, -0.25) is 9.79 Å². The highest BCUT2D eigenvalue weighted by molar-refractivity contribution is 6.40. The predicted molar refractivity (Wildman–Crippen MR) is 92.7 cm³/mol. The summed E-state index contributed by atoms with van der Waals surface area (Å²) in [5, 5.41) is 0. The average Bonchev–Trinajstić information content (AvgIpc) is 2.55. The first-order valence-electron chi connectivity index (χ1n) is 7.88. The molecular formula is C18H19N3O3. The molecule has 2 aliphatic heterocycles. The molecule has 0 atom stereocenters. The van der Waals surface area contributed by atoms with Crippen LogP contribution in [0.5, 0.6) is 0 Å². The van der Waals surface area contributed by atoms with E-state index in [-0.39, 0.29) is 5.91 Å². The van der Waals surface area contributed by atoms with E-state index in [2.05, 4.69) is 9.98 Å². The van der Waals surface area contributed by atoms with Gasteiger partial charge in [0.15, 0.2) is 0 Å². The second kappa shape index (κ2) is 6.88. The van der Waals surface area contributed by atoms with Crippen molar-refractivity contribution in [2.75, 3.05) is 18.6 Å². The Bertz CT molecular complexity index is 777. The number of rotatable bonds is 5. The van der Waals surface area contributed by atoms with Gasteiger partial charge in [-0.2, -0.15) is 4.99 Å². The van der Waals surface area contributed by atoms with Gasteiger partial charge < -0.3 is 4.74 Å². The lowest BCUT2D eigenvalue weighted by molar-refractivity contribution is -0.114. The third-order valence-electron chi connectivity index (χ3n) is 3.99. The van der Waals surface area contributed by atoms with Gasteiger partial charge in [-0.1, -0.05) is 12.1 Å². The number of aliphatic imine (C=N–C) groups is 2. The number of hydrogen-bond donors (Lipinski definition) is 0. The minimum atomic E-state index is -0.545. The van der Waals surface area contributed by atoms with Gasteiger partial charge in [-0.25, -0.2) is 9.69 Å². The number of carbonyl (C=O) groups excluding carboxylic acids is 2. The Morgan fingerprint density at radius 1 is 1.29 bits per heavy atom. The molecule has 1 aromatic carbocycles. The monoisotopic (exact) mass is 325 g/mol. The van der Waals surface area contributed by atoms with E-state index in [0.29, 0.717) is 30.0 Å². The SMILES string of the molecule is COCCCC1=NC=C2C(=O)N(c3cccc(C)c3)C(=O)N=C2C1. The summed E-state index contributed by atoms with van der Waals surface area (Å²) in [6, 6.07) is 6.70.